The zero-order chi connectivity index (χ0) is 12.0. The van der Waals surface area contributed by atoms with Gasteiger partial charge in [0.25, 0.3) is 0 Å². The molecule has 1 atom stereocenters. The zero-order valence-corrected chi connectivity index (χ0v) is 9.91. The van der Waals surface area contributed by atoms with Gasteiger partial charge in [-0.1, -0.05) is 18.2 Å². The Morgan fingerprint density at radius 2 is 2.00 bits per heavy atom. The molecule has 6 heteroatoms. The lowest BCUT2D eigenvalue weighted by Crippen LogP contribution is -2.33. The molecule has 0 aromatic heterocycles. The molecule has 3 N–H and O–H groups in total. The van der Waals surface area contributed by atoms with Crippen LogP contribution in [-0.4, -0.2) is 27.8 Å². The van der Waals surface area contributed by atoms with E-state index in [9.17, 15) is 8.42 Å². The summed E-state index contributed by atoms with van der Waals surface area (Å²) >= 11 is 0. The van der Waals surface area contributed by atoms with Crippen LogP contribution in [-0.2, 0) is 14.8 Å². The Kier molecular flexibility index (Phi) is 4.88. The molecule has 0 fully saturated rings. The topological polar surface area (TPSA) is 81.4 Å². The van der Waals surface area contributed by atoms with Gasteiger partial charge in [-0.25, -0.2) is 13.1 Å². The van der Waals surface area contributed by atoms with Crippen molar-refractivity contribution in [3.8, 4) is 0 Å². The molecular formula is C10H16N2O3S. The van der Waals surface area contributed by atoms with E-state index in [1.807, 2.05) is 0 Å². The van der Waals surface area contributed by atoms with Gasteiger partial charge in [0.05, 0.1) is 17.7 Å². The van der Waals surface area contributed by atoms with Crippen LogP contribution >= 0.6 is 0 Å². The van der Waals surface area contributed by atoms with Gasteiger partial charge in [0.1, 0.15) is 0 Å². The molecule has 0 aliphatic heterocycles. The maximum Gasteiger partial charge on any atom is 0.240 e. The smallest absolute Gasteiger partial charge is 0.240 e. The minimum absolute atomic E-state index is 0.0776. The summed E-state index contributed by atoms with van der Waals surface area (Å²) in [7, 11) is -3.44. The fourth-order valence-corrected chi connectivity index (χ4v) is 2.27. The number of rotatable bonds is 6. The predicted octanol–water partition coefficient (Wildman–Crippen LogP) is 0.286. The van der Waals surface area contributed by atoms with Crippen LogP contribution < -0.4 is 10.5 Å². The Labute approximate surface area is 95.7 Å². The van der Waals surface area contributed by atoms with Crippen LogP contribution in [0.3, 0.4) is 0 Å². The quantitative estimate of drug-likeness (QED) is 0.705. The summed E-state index contributed by atoms with van der Waals surface area (Å²) in [5.74, 6) is 0. The molecule has 1 aromatic carbocycles. The van der Waals surface area contributed by atoms with Crippen molar-refractivity contribution in [2.24, 2.45) is 5.73 Å². The molecule has 0 saturated heterocycles. The summed E-state index contributed by atoms with van der Waals surface area (Å²) < 4.78 is 31.0. The van der Waals surface area contributed by atoms with Gasteiger partial charge in [-0.05, 0) is 19.1 Å². The lowest BCUT2D eigenvalue weighted by Gasteiger charge is -2.12. The summed E-state index contributed by atoms with van der Waals surface area (Å²) in [6.07, 6.45) is -0.247. The van der Waals surface area contributed by atoms with Gasteiger partial charge in [-0.3, -0.25) is 0 Å². The molecule has 1 aromatic rings. The summed E-state index contributed by atoms with van der Waals surface area (Å²) in [4.78, 5) is 0.245. The molecule has 0 heterocycles. The van der Waals surface area contributed by atoms with E-state index in [1.165, 1.54) is 12.1 Å². The third-order valence-corrected chi connectivity index (χ3v) is 3.43. The van der Waals surface area contributed by atoms with E-state index >= 15 is 0 Å². The maximum absolute atomic E-state index is 11.7. The minimum atomic E-state index is -3.44. The highest BCUT2D eigenvalue weighted by Crippen LogP contribution is 2.06. The highest BCUT2D eigenvalue weighted by Gasteiger charge is 2.14. The van der Waals surface area contributed by atoms with Crippen LogP contribution in [0.2, 0.25) is 0 Å². The van der Waals surface area contributed by atoms with Crippen LogP contribution in [0.15, 0.2) is 35.2 Å². The summed E-state index contributed by atoms with van der Waals surface area (Å²) in [5, 5.41) is 0. The van der Waals surface area contributed by atoms with Crippen molar-refractivity contribution < 1.29 is 13.2 Å². The average Bonchev–Trinajstić information content (AvgIpc) is 2.28. The molecule has 0 bridgehead atoms. The third-order valence-electron chi connectivity index (χ3n) is 2.00. The predicted molar refractivity (Wildman–Crippen MR) is 61.2 cm³/mol. The van der Waals surface area contributed by atoms with Crippen molar-refractivity contribution >= 4 is 10.0 Å². The fraction of sp³-hybridized carbons (Fsp3) is 0.400. The van der Waals surface area contributed by atoms with E-state index in [0.29, 0.717) is 0 Å². The van der Waals surface area contributed by atoms with Gasteiger partial charge in [-0.2, -0.15) is 0 Å². The van der Waals surface area contributed by atoms with E-state index in [2.05, 4.69) is 4.72 Å². The zero-order valence-electron chi connectivity index (χ0n) is 9.09. The monoisotopic (exact) mass is 244 g/mol. The Morgan fingerprint density at radius 1 is 1.38 bits per heavy atom. The van der Waals surface area contributed by atoms with Crippen LogP contribution in [0.25, 0.3) is 0 Å². The van der Waals surface area contributed by atoms with Crippen molar-refractivity contribution in [3.05, 3.63) is 30.3 Å². The third kappa shape index (κ3) is 3.90. The molecule has 0 saturated carbocycles. The van der Waals surface area contributed by atoms with Crippen LogP contribution in [0.1, 0.15) is 6.92 Å². The number of nitrogens with two attached hydrogens (primary N) is 1. The molecule has 1 unspecified atom stereocenters. The molecule has 16 heavy (non-hydrogen) atoms. The molecule has 0 amide bonds. The van der Waals surface area contributed by atoms with Crippen molar-refractivity contribution in [2.75, 3.05) is 13.3 Å². The molecule has 90 valence electrons. The van der Waals surface area contributed by atoms with Crippen LogP contribution in [0.5, 0.6) is 0 Å². The molecule has 0 aliphatic rings. The van der Waals surface area contributed by atoms with Gasteiger partial charge < -0.3 is 10.5 Å². The Bertz CT molecular complexity index is 405. The lowest BCUT2D eigenvalue weighted by molar-refractivity contribution is 0.0746. The maximum atomic E-state index is 11.7. The minimum Gasteiger partial charge on any atom is -0.362 e. The molecular weight excluding hydrogens is 228 g/mol. The average molecular weight is 244 g/mol. The van der Waals surface area contributed by atoms with Crippen molar-refractivity contribution in [1.29, 1.82) is 0 Å². The first-order chi connectivity index (χ1) is 7.56. The van der Waals surface area contributed by atoms with Crippen LogP contribution in [0.4, 0.5) is 0 Å². The second-order valence-electron chi connectivity index (χ2n) is 3.31. The molecule has 1 rings (SSSR count). The van der Waals surface area contributed by atoms with E-state index < -0.39 is 10.0 Å². The molecule has 0 spiro atoms. The second-order valence-corrected chi connectivity index (χ2v) is 5.08. The standard InChI is InChI=1S/C10H16N2O3S/c1-9(15-8-11)7-12-16(13,14)10-5-3-2-4-6-10/h2-6,9,12H,7-8,11H2,1H3. The Balaban J connectivity index is 2.60. The number of ether oxygens (including phenoxy) is 1. The molecule has 0 radical (unpaired) electrons. The largest absolute Gasteiger partial charge is 0.362 e. The highest BCUT2D eigenvalue weighted by atomic mass is 32.2. The van der Waals surface area contributed by atoms with Gasteiger partial charge in [0.2, 0.25) is 10.0 Å². The number of benzene rings is 1. The van der Waals surface area contributed by atoms with E-state index in [1.54, 1.807) is 25.1 Å². The Morgan fingerprint density at radius 3 is 2.56 bits per heavy atom. The van der Waals surface area contributed by atoms with Crippen molar-refractivity contribution in [2.45, 2.75) is 17.9 Å². The number of sulfonamides is 1. The molecule has 5 nitrogen and oxygen atoms in total. The van der Waals surface area contributed by atoms with Crippen molar-refractivity contribution in [1.82, 2.24) is 4.72 Å². The summed E-state index contributed by atoms with van der Waals surface area (Å²) in [6.45, 7) is 2.03. The summed E-state index contributed by atoms with van der Waals surface area (Å²) in [6, 6.07) is 8.19. The lowest BCUT2D eigenvalue weighted by atomic mass is 10.4. The highest BCUT2D eigenvalue weighted by molar-refractivity contribution is 7.89. The number of hydrogen-bond donors (Lipinski definition) is 2. The second kappa shape index (κ2) is 5.95. The van der Waals surface area contributed by atoms with Gasteiger partial charge in [-0.15, -0.1) is 0 Å². The SMILES string of the molecule is CC(CNS(=O)(=O)c1ccccc1)OCN. The van der Waals surface area contributed by atoms with E-state index in [4.69, 9.17) is 10.5 Å². The normalized spacial score (nSPS) is 13.6. The van der Waals surface area contributed by atoms with Gasteiger partial charge >= 0.3 is 0 Å². The van der Waals surface area contributed by atoms with Crippen molar-refractivity contribution in [3.63, 3.8) is 0 Å². The van der Waals surface area contributed by atoms with E-state index in [-0.39, 0.29) is 24.3 Å². The van der Waals surface area contributed by atoms with Gasteiger partial charge in [0, 0.05) is 6.54 Å². The fourth-order valence-electron chi connectivity index (χ4n) is 1.13. The number of hydrogen-bond acceptors (Lipinski definition) is 4. The first-order valence-corrected chi connectivity index (χ1v) is 6.41. The molecule has 0 aliphatic carbocycles. The van der Waals surface area contributed by atoms with E-state index in [0.717, 1.165) is 0 Å². The number of nitrogens with one attached hydrogen (secondary N) is 1. The Hall–Kier alpha value is -0.950. The first kappa shape index (κ1) is 13.1. The summed E-state index contributed by atoms with van der Waals surface area (Å²) in [5.41, 5.74) is 5.18. The van der Waals surface area contributed by atoms with Crippen LogP contribution in [0, 0.1) is 0 Å². The first-order valence-electron chi connectivity index (χ1n) is 4.92. The van der Waals surface area contributed by atoms with Gasteiger partial charge in [0.15, 0.2) is 0 Å².